The van der Waals surface area contributed by atoms with Crippen molar-refractivity contribution in [2.75, 3.05) is 0 Å². The van der Waals surface area contributed by atoms with Crippen LogP contribution >= 0.6 is 27.3 Å². The van der Waals surface area contributed by atoms with Crippen molar-refractivity contribution in [2.45, 2.75) is 20.4 Å². The Hall–Kier alpha value is -1.13. The first-order valence-corrected chi connectivity index (χ1v) is 7.46. The smallest absolute Gasteiger partial charge is 0.0961 e. The number of aromatic nitrogens is 2. The van der Waals surface area contributed by atoms with E-state index in [9.17, 15) is 0 Å². The molecule has 0 unspecified atom stereocenters. The first-order valence-electron chi connectivity index (χ1n) is 5.78. The van der Waals surface area contributed by atoms with Crippen LogP contribution in [-0.4, -0.2) is 9.55 Å². The molecule has 0 saturated carbocycles. The van der Waals surface area contributed by atoms with E-state index in [1.165, 1.54) is 21.5 Å². The summed E-state index contributed by atoms with van der Waals surface area (Å²) in [6, 6.07) is 6.55. The molecule has 2 aromatic heterocycles. The van der Waals surface area contributed by atoms with E-state index in [1.54, 1.807) is 11.3 Å². The average Bonchev–Trinajstić information content (AvgIpc) is 2.89. The van der Waals surface area contributed by atoms with Crippen LogP contribution in [0.15, 0.2) is 34.4 Å². The lowest BCUT2D eigenvalue weighted by molar-refractivity contribution is 0.837. The van der Waals surface area contributed by atoms with Gasteiger partial charge in [0.25, 0.3) is 0 Å². The molecule has 0 aliphatic carbocycles. The molecule has 0 fully saturated rings. The first kappa shape index (κ1) is 11.9. The number of imidazole rings is 1. The third-order valence-electron chi connectivity index (χ3n) is 3.18. The highest BCUT2D eigenvalue weighted by Gasteiger charge is 2.06. The van der Waals surface area contributed by atoms with Crippen molar-refractivity contribution in [3.8, 4) is 0 Å². The molecule has 4 heteroatoms. The molecule has 0 saturated heterocycles. The molecule has 0 radical (unpaired) electrons. The molecule has 2 nitrogen and oxygen atoms in total. The second kappa shape index (κ2) is 4.52. The van der Waals surface area contributed by atoms with Crippen molar-refractivity contribution < 1.29 is 0 Å². The molecule has 0 aliphatic heterocycles. The molecule has 1 aromatic carbocycles. The molecule has 0 aliphatic rings. The summed E-state index contributed by atoms with van der Waals surface area (Å²) in [5, 5.41) is 2.11. The summed E-state index contributed by atoms with van der Waals surface area (Å²) in [4.78, 5) is 5.81. The normalized spacial score (nSPS) is 11.3. The highest BCUT2D eigenvalue weighted by Crippen LogP contribution is 2.23. The van der Waals surface area contributed by atoms with Gasteiger partial charge >= 0.3 is 0 Å². The van der Waals surface area contributed by atoms with Crippen LogP contribution in [0.4, 0.5) is 0 Å². The molecule has 0 bridgehead atoms. The number of benzene rings is 1. The monoisotopic (exact) mass is 320 g/mol. The van der Waals surface area contributed by atoms with Crippen molar-refractivity contribution in [1.29, 1.82) is 0 Å². The quantitative estimate of drug-likeness (QED) is 0.678. The molecule has 3 rings (SSSR count). The van der Waals surface area contributed by atoms with E-state index in [0.717, 1.165) is 16.5 Å². The number of hydrogen-bond acceptors (Lipinski definition) is 2. The minimum Gasteiger partial charge on any atom is -0.325 e. The van der Waals surface area contributed by atoms with Gasteiger partial charge in [0.2, 0.25) is 0 Å². The van der Waals surface area contributed by atoms with E-state index in [2.05, 4.69) is 62.9 Å². The van der Waals surface area contributed by atoms with Gasteiger partial charge in [-0.1, -0.05) is 0 Å². The maximum absolute atomic E-state index is 4.48. The Morgan fingerprint density at radius 1 is 1.22 bits per heavy atom. The minimum atomic E-state index is 0.884. The maximum Gasteiger partial charge on any atom is 0.0961 e. The molecule has 0 atom stereocenters. The van der Waals surface area contributed by atoms with E-state index in [1.807, 2.05) is 6.33 Å². The molecule has 0 spiro atoms. The van der Waals surface area contributed by atoms with Crippen molar-refractivity contribution in [3.05, 3.63) is 50.4 Å². The molecule has 0 N–H and O–H groups in total. The largest absolute Gasteiger partial charge is 0.325 e. The topological polar surface area (TPSA) is 17.8 Å². The van der Waals surface area contributed by atoms with E-state index in [-0.39, 0.29) is 0 Å². The van der Waals surface area contributed by atoms with Crippen LogP contribution in [0.25, 0.3) is 11.0 Å². The fourth-order valence-electron chi connectivity index (χ4n) is 2.04. The second-order valence-electron chi connectivity index (χ2n) is 4.53. The van der Waals surface area contributed by atoms with Crippen LogP contribution in [0.5, 0.6) is 0 Å². The Morgan fingerprint density at radius 2 is 2.00 bits per heavy atom. The van der Waals surface area contributed by atoms with Crippen LogP contribution in [-0.2, 0) is 6.54 Å². The lowest BCUT2D eigenvalue weighted by Crippen LogP contribution is -1.96. The molecular formula is C14H13BrN2S. The first-order chi connectivity index (χ1) is 8.63. The molecule has 0 amide bonds. The number of nitrogens with zero attached hydrogens (tertiary/aromatic N) is 2. The van der Waals surface area contributed by atoms with Crippen molar-refractivity contribution in [3.63, 3.8) is 0 Å². The van der Waals surface area contributed by atoms with Gasteiger partial charge in [0.05, 0.1) is 23.9 Å². The summed E-state index contributed by atoms with van der Waals surface area (Å²) >= 11 is 5.26. The SMILES string of the molecule is Cc1cc2ncn(Cc3cc(Br)cs3)c2cc1C. The van der Waals surface area contributed by atoms with E-state index in [4.69, 9.17) is 0 Å². The molecule has 18 heavy (non-hydrogen) atoms. The van der Waals surface area contributed by atoms with Crippen LogP contribution in [0.2, 0.25) is 0 Å². The van der Waals surface area contributed by atoms with Crippen LogP contribution in [0.1, 0.15) is 16.0 Å². The van der Waals surface area contributed by atoms with E-state index in [0.29, 0.717) is 0 Å². The Kier molecular flexibility index (Phi) is 2.99. The average molecular weight is 321 g/mol. The van der Waals surface area contributed by atoms with Gasteiger partial charge in [-0.25, -0.2) is 4.98 Å². The fourth-order valence-corrected chi connectivity index (χ4v) is 3.49. The Balaban J connectivity index is 2.04. The van der Waals surface area contributed by atoms with Crippen molar-refractivity contribution in [2.24, 2.45) is 0 Å². The zero-order valence-electron chi connectivity index (χ0n) is 10.3. The summed E-state index contributed by atoms with van der Waals surface area (Å²) < 4.78 is 3.36. The van der Waals surface area contributed by atoms with E-state index >= 15 is 0 Å². The number of rotatable bonds is 2. The zero-order chi connectivity index (χ0) is 12.7. The van der Waals surface area contributed by atoms with Gasteiger partial charge in [0, 0.05) is 14.7 Å². The van der Waals surface area contributed by atoms with Crippen molar-refractivity contribution in [1.82, 2.24) is 9.55 Å². The molecule has 3 aromatic rings. The second-order valence-corrected chi connectivity index (χ2v) is 6.44. The highest BCUT2D eigenvalue weighted by molar-refractivity contribution is 9.10. The number of halogens is 1. The predicted molar refractivity (Wildman–Crippen MR) is 80.3 cm³/mol. The van der Waals surface area contributed by atoms with Gasteiger partial charge in [-0.05, 0) is 59.1 Å². The summed E-state index contributed by atoms with van der Waals surface area (Å²) in [5.74, 6) is 0. The number of fused-ring (bicyclic) bond motifs is 1. The summed E-state index contributed by atoms with van der Waals surface area (Å²) in [6.07, 6.45) is 1.93. The zero-order valence-corrected chi connectivity index (χ0v) is 12.7. The summed E-state index contributed by atoms with van der Waals surface area (Å²) in [6.45, 7) is 5.16. The van der Waals surface area contributed by atoms with Gasteiger partial charge < -0.3 is 4.57 Å². The Bertz CT molecular complexity index is 712. The minimum absolute atomic E-state index is 0.884. The fraction of sp³-hybridized carbons (Fsp3) is 0.214. The van der Waals surface area contributed by atoms with Crippen LogP contribution in [0, 0.1) is 13.8 Å². The van der Waals surface area contributed by atoms with Crippen LogP contribution < -0.4 is 0 Å². The van der Waals surface area contributed by atoms with Gasteiger partial charge in [0.1, 0.15) is 0 Å². The highest BCUT2D eigenvalue weighted by atomic mass is 79.9. The third kappa shape index (κ3) is 2.10. The summed E-state index contributed by atoms with van der Waals surface area (Å²) in [5.41, 5.74) is 4.90. The lowest BCUT2D eigenvalue weighted by Gasteiger charge is -2.04. The van der Waals surface area contributed by atoms with E-state index < -0.39 is 0 Å². The lowest BCUT2D eigenvalue weighted by atomic mass is 10.1. The molecule has 92 valence electrons. The number of thiophene rings is 1. The Labute approximate surface area is 118 Å². The van der Waals surface area contributed by atoms with Crippen LogP contribution in [0.3, 0.4) is 0 Å². The number of hydrogen-bond donors (Lipinski definition) is 0. The van der Waals surface area contributed by atoms with Gasteiger partial charge in [-0.3, -0.25) is 0 Å². The molecular weight excluding hydrogens is 308 g/mol. The Morgan fingerprint density at radius 3 is 2.72 bits per heavy atom. The van der Waals surface area contributed by atoms with Gasteiger partial charge in [-0.15, -0.1) is 11.3 Å². The van der Waals surface area contributed by atoms with Crippen molar-refractivity contribution >= 4 is 38.3 Å². The van der Waals surface area contributed by atoms with Gasteiger partial charge in [-0.2, -0.15) is 0 Å². The number of aryl methyl sites for hydroxylation is 2. The maximum atomic E-state index is 4.48. The predicted octanol–water partition coefficient (Wildman–Crippen LogP) is 4.53. The molecule has 2 heterocycles. The standard InChI is InChI=1S/C14H13BrN2S/c1-9-3-13-14(4-10(9)2)17(8-16-13)6-12-5-11(15)7-18-12/h3-5,7-8H,6H2,1-2H3. The third-order valence-corrected chi connectivity index (χ3v) is 4.87. The van der Waals surface area contributed by atoms with Gasteiger partial charge in [0.15, 0.2) is 0 Å². The summed E-state index contributed by atoms with van der Waals surface area (Å²) in [7, 11) is 0.